The molecule has 4 nitrogen and oxygen atoms in total. The monoisotopic (exact) mass is 600 g/mol. The molecule has 3 aromatic rings. The summed E-state index contributed by atoms with van der Waals surface area (Å²) in [6.07, 6.45) is 3.20. The predicted molar refractivity (Wildman–Crippen MR) is 182 cm³/mol. The third kappa shape index (κ3) is 7.43. The van der Waals surface area contributed by atoms with Crippen molar-refractivity contribution < 1.29 is 18.7 Å². The van der Waals surface area contributed by atoms with Gasteiger partial charge in [0.05, 0.1) is 18.8 Å². The minimum atomic E-state index is -1.78. The number of carbonyl (C=O) groups excluding carboxylic acids is 1. The molecular weight excluding hydrogens is 549 g/mol. The summed E-state index contributed by atoms with van der Waals surface area (Å²) in [6, 6.07) is 21.1. The molecular formula is C38H52O4Si. The zero-order chi connectivity index (χ0) is 31.6. The molecule has 0 fully saturated rings. The first-order valence-electron chi connectivity index (χ1n) is 15.9. The molecule has 0 saturated heterocycles. The Morgan fingerprint density at radius 2 is 1.40 bits per heavy atom. The Kier molecular flexibility index (Phi) is 9.68. The SMILES string of the molecule is CCOC(=O)c1ccc(-c2ccc(OCCCO[Si](C)(C)C(C)(C)C)c(-c3ccc4c(c3)C(C)(C)CCC4(C)C)c2)cc1. The Balaban J connectivity index is 1.66. The van der Waals surface area contributed by atoms with Crippen LogP contribution in [0.25, 0.3) is 22.3 Å². The van der Waals surface area contributed by atoms with Gasteiger partial charge >= 0.3 is 5.97 Å². The van der Waals surface area contributed by atoms with Gasteiger partial charge in [-0.2, -0.15) is 0 Å². The van der Waals surface area contributed by atoms with Crippen molar-refractivity contribution in [2.45, 2.75) is 104 Å². The van der Waals surface area contributed by atoms with Crippen LogP contribution in [0.4, 0.5) is 0 Å². The van der Waals surface area contributed by atoms with E-state index in [4.69, 9.17) is 13.9 Å². The quantitative estimate of drug-likeness (QED) is 0.132. The minimum Gasteiger partial charge on any atom is -0.493 e. The molecule has 0 atom stereocenters. The summed E-state index contributed by atoms with van der Waals surface area (Å²) in [4.78, 5) is 12.2. The van der Waals surface area contributed by atoms with Gasteiger partial charge in [0.1, 0.15) is 5.75 Å². The number of hydrogen-bond donors (Lipinski definition) is 0. The topological polar surface area (TPSA) is 44.8 Å². The van der Waals surface area contributed by atoms with Crippen LogP contribution in [0.2, 0.25) is 18.1 Å². The van der Waals surface area contributed by atoms with Gasteiger partial charge in [0.25, 0.3) is 0 Å². The molecule has 0 heterocycles. The van der Waals surface area contributed by atoms with Crippen molar-refractivity contribution in [2.75, 3.05) is 19.8 Å². The van der Waals surface area contributed by atoms with Crippen LogP contribution in [-0.2, 0) is 20.0 Å². The second kappa shape index (κ2) is 12.6. The van der Waals surface area contributed by atoms with E-state index in [2.05, 4.69) is 98.0 Å². The fourth-order valence-electron chi connectivity index (χ4n) is 5.62. The van der Waals surface area contributed by atoms with Gasteiger partial charge in [-0.1, -0.05) is 84.9 Å². The molecule has 0 aromatic heterocycles. The maximum absolute atomic E-state index is 12.2. The molecule has 43 heavy (non-hydrogen) atoms. The summed E-state index contributed by atoms with van der Waals surface area (Å²) in [7, 11) is -1.78. The molecule has 232 valence electrons. The highest BCUT2D eigenvalue weighted by Crippen LogP contribution is 2.47. The average Bonchev–Trinajstić information content (AvgIpc) is 2.95. The lowest BCUT2D eigenvalue weighted by Gasteiger charge is -2.42. The third-order valence-corrected chi connectivity index (χ3v) is 14.2. The van der Waals surface area contributed by atoms with E-state index in [0.717, 1.165) is 28.9 Å². The molecule has 4 rings (SSSR count). The first-order chi connectivity index (χ1) is 20.1. The van der Waals surface area contributed by atoms with Gasteiger partial charge in [0.2, 0.25) is 0 Å². The van der Waals surface area contributed by atoms with Gasteiger partial charge in [-0.25, -0.2) is 4.79 Å². The average molecular weight is 601 g/mol. The normalized spacial score (nSPS) is 16.0. The number of carbonyl (C=O) groups is 1. The number of esters is 1. The lowest BCUT2D eigenvalue weighted by atomic mass is 9.63. The number of rotatable bonds is 10. The highest BCUT2D eigenvalue weighted by molar-refractivity contribution is 6.74. The van der Waals surface area contributed by atoms with Crippen LogP contribution in [0.1, 0.15) is 96.1 Å². The summed E-state index contributed by atoms with van der Waals surface area (Å²) in [5.74, 6) is 0.586. The molecule has 0 spiro atoms. The molecule has 3 aromatic carbocycles. The van der Waals surface area contributed by atoms with E-state index < -0.39 is 8.32 Å². The third-order valence-electron chi connectivity index (χ3n) is 9.69. The molecule has 0 radical (unpaired) electrons. The standard InChI is InChI=1S/C38H52O4Si/c1-11-40-35(39)28-15-13-27(14-16-28)29-18-20-34(41-23-12-24-42-43(9,10)36(2,3)4)31(25-29)30-17-19-32-33(26-30)38(7,8)22-21-37(32,5)6/h13-20,25-26H,11-12,21-24H2,1-10H3. The highest BCUT2D eigenvalue weighted by Gasteiger charge is 2.38. The molecule has 0 unspecified atom stereocenters. The van der Waals surface area contributed by atoms with Crippen LogP contribution >= 0.6 is 0 Å². The zero-order valence-electron chi connectivity index (χ0n) is 28.1. The van der Waals surface area contributed by atoms with E-state index in [9.17, 15) is 4.79 Å². The predicted octanol–water partition coefficient (Wildman–Crippen LogP) is 10.3. The van der Waals surface area contributed by atoms with Crippen LogP contribution in [-0.4, -0.2) is 34.1 Å². The summed E-state index contributed by atoms with van der Waals surface area (Å²) in [6.45, 7) is 24.4. The Morgan fingerprint density at radius 3 is 2.02 bits per heavy atom. The Morgan fingerprint density at radius 1 is 0.791 bits per heavy atom. The summed E-state index contributed by atoms with van der Waals surface area (Å²) >= 11 is 0. The summed E-state index contributed by atoms with van der Waals surface area (Å²) < 4.78 is 18.0. The molecule has 0 N–H and O–H groups in total. The maximum atomic E-state index is 12.2. The largest absolute Gasteiger partial charge is 0.493 e. The van der Waals surface area contributed by atoms with Crippen LogP contribution in [0.5, 0.6) is 5.75 Å². The van der Waals surface area contributed by atoms with Crippen molar-refractivity contribution in [2.24, 2.45) is 0 Å². The fourth-order valence-corrected chi connectivity index (χ4v) is 6.70. The molecule has 5 heteroatoms. The van der Waals surface area contributed by atoms with Gasteiger partial charge in [-0.05, 0) is 101 Å². The van der Waals surface area contributed by atoms with E-state index in [0.29, 0.717) is 25.4 Å². The lowest BCUT2D eigenvalue weighted by molar-refractivity contribution is 0.0526. The van der Waals surface area contributed by atoms with Crippen molar-refractivity contribution in [3.05, 3.63) is 77.4 Å². The number of benzene rings is 3. The molecule has 0 saturated carbocycles. The second-order valence-electron chi connectivity index (χ2n) is 14.8. The van der Waals surface area contributed by atoms with Crippen LogP contribution in [0, 0.1) is 0 Å². The van der Waals surface area contributed by atoms with Crippen molar-refractivity contribution in [3.8, 4) is 28.0 Å². The Labute approximate surface area is 261 Å². The van der Waals surface area contributed by atoms with E-state index in [1.807, 2.05) is 31.2 Å². The van der Waals surface area contributed by atoms with Crippen LogP contribution in [0.15, 0.2) is 60.7 Å². The van der Waals surface area contributed by atoms with E-state index in [-0.39, 0.29) is 21.8 Å². The van der Waals surface area contributed by atoms with Crippen molar-refractivity contribution in [3.63, 3.8) is 0 Å². The Bertz CT molecular complexity index is 1430. The first-order valence-corrected chi connectivity index (χ1v) is 18.8. The van der Waals surface area contributed by atoms with Gasteiger partial charge in [0, 0.05) is 18.6 Å². The molecule has 0 bridgehead atoms. The number of hydrogen-bond acceptors (Lipinski definition) is 4. The number of fused-ring (bicyclic) bond motifs is 1. The van der Waals surface area contributed by atoms with E-state index in [1.54, 1.807) is 0 Å². The van der Waals surface area contributed by atoms with Crippen molar-refractivity contribution in [1.29, 1.82) is 0 Å². The van der Waals surface area contributed by atoms with Gasteiger partial charge < -0.3 is 13.9 Å². The second-order valence-corrected chi connectivity index (χ2v) is 19.7. The van der Waals surface area contributed by atoms with E-state index in [1.165, 1.54) is 29.5 Å². The zero-order valence-corrected chi connectivity index (χ0v) is 29.1. The molecule has 1 aliphatic rings. The fraction of sp³-hybridized carbons (Fsp3) is 0.500. The lowest BCUT2D eigenvalue weighted by Crippen LogP contribution is -2.41. The van der Waals surface area contributed by atoms with E-state index >= 15 is 0 Å². The van der Waals surface area contributed by atoms with Crippen LogP contribution in [0.3, 0.4) is 0 Å². The summed E-state index contributed by atoms with van der Waals surface area (Å²) in [5, 5.41) is 0.195. The highest BCUT2D eigenvalue weighted by atomic mass is 28.4. The first kappa shape index (κ1) is 33.0. The van der Waals surface area contributed by atoms with Gasteiger partial charge in [0.15, 0.2) is 8.32 Å². The van der Waals surface area contributed by atoms with Crippen molar-refractivity contribution >= 4 is 14.3 Å². The van der Waals surface area contributed by atoms with Gasteiger partial charge in [-0.3, -0.25) is 0 Å². The summed E-state index contributed by atoms with van der Waals surface area (Å²) in [5.41, 5.74) is 8.09. The minimum absolute atomic E-state index is 0.115. The smallest absolute Gasteiger partial charge is 0.338 e. The van der Waals surface area contributed by atoms with Gasteiger partial charge in [-0.15, -0.1) is 0 Å². The Hall–Kier alpha value is -2.89. The van der Waals surface area contributed by atoms with Crippen LogP contribution < -0.4 is 4.74 Å². The number of ether oxygens (including phenoxy) is 2. The van der Waals surface area contributed by atoms with Crippen molar-refractivity contribution in [1.82, 2.24) is 0 Å². The molecule has 1 aliphatic carbocycles. The molecule has 0 aliphatic heterocycles. The maximum Gasteiger partial charge on any atom is 0.338 e. The molecule has 0 amide bonds.